The van der Waals surface area contributed by atoms with Crippen molar-refractivity contribution >= 4 is 46.7 Å². The number of fused-ring (bicyclic) bond motifs is 1. The second-order valence-corrected chi connectivity index (χ2v) is 6.33. The number of amides is 2. The van der Waals surface area contributed by atoms with Crippen LogP contribution in [-0.4, -0.2) is 34.2 Å². The first kappa shape index (κ1) is 18.8. The van der Waals surface area contributed by atoms with Crippen LogP contribution in [0.15, 0.2) is 36.4 Å². The highest BCUT2D eigenvalue weighted by Crippen LogP contribution is 2.30. The Morgan fingerprint density at radius 1 is 1.07 bits per heavy atom. The van der Waals surface area contributed by atoms with Gasteiger partial charge in [0.2, 0.25) is 0 Å². The highest BCUT2D eigenvalue weighted by Gasteiger charge is 2.41. The molecule has 0 fully saturated rings. The number of ether oxygens (including phenoxy) is 1. The van der Waals surface area contributed by atoms with Crippen LogP contribution < -0.4 is 0 Å². The van der Waals surface area contributed by atoms with Crippen LogP contribution in [0.1, 0.15) is 26.3 Å². The van der Waals surface area contributed by atoms with Gasteiger partial charge >= 0.3 is 5.97 Å². The van der Waals surface area contributed by atoms with Gasteiger partial charge in [-0.2, -0.15) is 0 Å². The van der Waals surface area contributed by atoms with E-state index >= 15 is 0 Å². The molecule has 0 unspecified atom stereocenters. The molecule has 1 aliphatic heterocycles. The van der Waals surface area contributed by atoms with Gasteiger partial charge in [0.15, 0.2) is 0 Å². The molecule has 0 N–H and O–H groups in total. The summed E-state index contributed by atoms with van der Waals surface area (Å²) in [7, 11) is 0. The minimum Gasteiger partial charge on any atom is -0.459 e. The van der Waals surface area contributed by atoms with Crippen molar-refractivity contribution in [1.82, 2.24) is 4.90 Å². The van der Waals surface area contributed by atoms with Crippen LogP contribution in [-0.2, 0) is 16.1 Å². The van der Waals surface area contributed by atoms with Gasteiger partial charge in [-0.3, -0.25) is 29.4 Å². The molecule has 0 aliphatic carbocycles. The third-order valence-electron chi connectivity index (χ3n) is 3.90. The van der Waals surface area contributed by atoms with Gasteiger partial charge in [0, 0.05) is 21.7 Å². The summed E-state index contributed by atoms with van der Waals surface area (Å²) in [6, 6.07) is 8.47. The zero-order valence-electron chi connectivity index (χ0n) is 13.5. The summed E-state index contributed by atoms with van der Waals surface area (Å²) in [5.74, 6) is -2.61. The SMILES string of the molecule is O=C(CN1C(=O)c2cccc([N+](=O)[O-])c2C1=O)OCc1c(Cl)cccc1Cl. The Labute approximate surface area is 162 Å². The third kappa shape index (κ3) is 3.49. The average molecular weight is 409 g/mol. The van der Waals surface area contributed by atoms with Crippen molar-refractivity contribution in [3.05, 3.63) is 73.2 Å². The molecule has 0 saturated carbocycles. The predicted molar refractivity (Wildman–Crippen MR) is 94.7 cm³/mol. The largest absolute Gasteiger partial charge is 0.459 e. The Kier molecular flexibility index (Phi) is 5.11. The van der Waals surface area contributed by atoms with E-state index in [0.717, 1.165) is 6.07 Å². The third-order valence-corrected chi connectivity index (χ3v) is 4.61. The van der Waals surface area contributed by atoms with Crippen molar-refractivity contribution in [2.45, 2.75) is 6.61 Å². The van der Waals surface area contributed by atoms with Crippen molar-refractivity contribution in [2.75, 3.05) is 6.54 Å². The number of hydrogen-bond donors (Lipinski definition) is 0. The van der Waals surface area contributed by atoms with Gasteiger partial charge in [-0.15, -0.1) is 0 Å². The second kappa shape index (κ2) is 7.34. The summed E-state index contributed by atoms with van der Waals surface area (Å²) in [5.41, 5.74) is -0.581. The standard InChI is InChI=1S/C17H10Cl2N2O6/c18-11-4-2-5-12(19)10(11)8-27-14(22)7-20-16(23)9-3-1-6-13(21(25)26)15(9)17(20)24/h1-6H,7-8H2. The maximum atomic E-state index is 12.4. The molecule has 0 atom stereocenters. The van der Waals surface area contributed by atoms with Crippen LogP contribution in [0.25, 0.3) is 0 Å². The van der Waals surface area contributed by atoms with Gasteiger partial charge in [0.1, 0.15) is 18.7 Å². The smallest absolute Gasteiger partial charge is 0.326 e. The predicted octanol–water partition coefficient (Wildman–Crippen LogP) is 3.24. The van der Waals surface area contributed by atoms with Crippen molar-refractivity contribution in [3.63, 3.8) is 0 Å². The summed E-state index contributed by atoms with van der Waals surface area (Å²) in [5, 5.41) is 11.7. The monoisotopic (exact) mass is 408 g/mol. The zero-order chi connectivity index (χ0) is 19.7. The number of halogens is 2. The van der Waals surface area contributed by atoms with Crippen molar-refractivity contribution in [1.29, 1.82) is 0 Å². The summed E-state index contributed by atoms with van der Waals surface area (Å²) in [4.78, 5) is 47.7. The first-order valence-electron chi connectivity index (χ1n) is 7.53. The van der Waals surface area contributed by atoms with E-state index in [2.05, 4.69) is 0 Å². The lowest BCUT2D eigenvalue weighted by Crippen LogP contribution is -2.35. The maximum absolute atomic E-state index is 12.4. The first-order chi connectivity index (χ1) is 12.8. The molecule has 0 saturated heterocycles. The number of carbonyl (C=O) groups is 3. The zero-order valence-corrected chi connectivity index (χ0v) is 15.0. The van der Waals surface area contributed by atoms with E-state index in [0.29, 0.717) is 20.5 Å². The molecule has 0 spiro atoms. The second-order valence-electron chi connectivity index (χ2n) is 5.51. The van der Waals surface area contributed by atoms with Crippen molar-refractivity contribution in [3.8, 4) is 0 Å². The van der Waals surface area contributed by atoms with E-state index in [1.165, 1.54) is 12.1 Å². The summed E-state index contributed by atoms with van der Waals surface area (Å²) in [6.45, 7) is -0.938. The van der Waals surface area contributed by atoms with Gasteiger partial charge < -0.3 is 4.74 Å². The quantitative estimate of drug-likeness (QED) is 0.325. The summed E-state index contributed by atoms with van der Waals surface area (Å²) < 4.78 is 5.04. The Bertz CT molecular complexity index is 971. The molecule has 0 bridgehead atoms. The Morgan fingerprint density at radius 2 is 1.70 bits per heavy atom. The first-order valence-corrected chi connectivity index (χ1v) is 8.29. The molecule has 2 aromatic carbocycles. The number of imide groups is 1. The van der Waals surface area contributed by atoms with Gasteiger partial charge in [-0.05, 0) is 18.2 Å². The molecule has 2 aromatic rings. The average Bonchev–Trinajstić information content (AvgIpc) is 2.86. The highest BCUT2D eigenvalue weighted by molar-refractivity contribution is 6.36. The topological polar surface area (TPSA) is 107 Å². The molecular formula is C17H10Cl2N2O6. The molecule has 1 aliphatic rings. The fourth-order valence-electron chi connectivity index (χ4n) is 2.61. The van der Waals surface area contributed by atoms with E-state index in [1.54, 1.807) is 18.2 Å². The molecule has 0 radical (unpaired) electrons. The van der Waals surface area contributed by atoms with Gasteiger partial charge in [0.25, 0.3) is 17.5 Å². The fourth-order valence-corrected chi connectivity index (χ4v) is 3.12. The van der Waals surface area contributed by atoms with Gasteiger partial charge in [0.05, 0.1) is 10.5 Å². The molecule has 138 valence electrons. The van der Waals surface area contributed by atoms with E-state index in [1.807, 2.05) is 0 Å². The number of nitro benzene ring substituents is 1. The molecule has 0 aromatic heterocycles. The number of nitrogens with zero attached hydrogens (tertiary/aromatic N) is 2. The van der Waals surface area contributed by atoms with Crippen LogP contribution in [0.5, 0.6) is 0 Å². The Morgan fingerprint density at radius 3 is 2.33 bits per heavy atom. The lowest BCUT2D eigenvalue weighted by molar-refractivity contribution is -0.385. The minimum absolute atomic E-state index is 0.129. The molecule has 8 nitrogen and oxygen atoms in total. The van der Waals surface area contributed by atoms with Crippen LogP contribution in [0.3, 0.4) is 0 Å². The molecule has 3 rings (SSSR count). The number of carbonyl (C=O) groups excluding carboxylic acids is 3. The van der Waals surface area contributed by atoms with Gasteiger partial charge in [-0.1, -0.05) is 35.3 Å². The van der Waals surface area contributed by atoms with E-state index in [-0.39, 0.29) is 17.7 Å². The number of benzene rings is 2. The summed E-state index contributed by atoms with van der Waals surface area (Å²) >= 11 is 12.0. The Balaban J connectivity index is 1.74. The van der Waals surface area contributed by atoms with E-state index in [9.17, 15) is 24.5 Å². The number of hydrogen-bond acceptors (Lipinski definition) is 6. The van der Waals surface area contributed by atoms with E-state index < -0.39 is 34.9 Å². The lowest BCUT2D eigenvalue weighted by atomic mass is 10.1. The molecule has 10 heteroatoms. The Hall–Kier alpha value is -2.97. The molecular weight excluding hydrogens is 399 g/mol. The van der Waals surface area contributed by atoms with Crippen molar-refractivity contribution < 1.29 is 24.0 Å². The highest BCUT2D eigenvalue weighted by atomic mass is 35.5. The normalized spacial score (nSPS) is 12.9. The minimum atomic E-state index is -0.921. The number of rotatable bonds is 5. The van der Waals surface area contributed by atoms with Crippen LogP contribution >= 0.6 is 23.2 Å². The number of esters is 1. The number of nitro groups is 1. The fraction of sp³-hybridized carbons (Fsp3) is 0.118. The molecule has 27 heavy (non-hydrogen) atoms. The lowest BCUT2D eigenvalue weighted by Gasteiger charge is -2.13. The van der Waals surface area contributed by atoms with Crippen LogP contribution in [0, 0.1) is 10.1 Å². The van der Waals surface area contributed by atoms with Gasteiger partial charge in [-0.25, -0.2) is 0 Å². The van der Waals surface area contributed by atoms with Crippen molar-refractivity contribution in [2.24, 2.45) is 0 Å². The molecule has 2 amide bonds. The van der Waals surface area contributed by atoms with E-state index in [4.69, 9.17) is 27.9 Å². The summed E-state index contributed by atoms with van der Waals surface area (Å²) in [6.07, 6.45) is 0. The molecule has 1 heterocycles. The van der Waals surface area contributed by atoms with Crippen LogP contribution in [0.4, 0.5) is 5.69 Å². The van der Waals surface area contributed by atoms with Crippen LogP contribution in [0.2, 0.25) is 10.0 Å². The maximum Gasteiger partial charge on any atom is 0.326 e.